The maximum atomic E-state index is 5.55. The highest BCUT2D eigenvalue weighted by molar-refractivity contribution is 6.29. The summed E-state index contributed by atoms with van der Waals surface area (Å²) in [5.41, 5.74) is 6.11. The molecule has 0 saturated carbocycles. The van der Waals surface area contributed by atoms with Crippen molar-refractivity contribution >= 4 is 11.6 Å². The Labute approximate surface area is 66.3 Å². The largest absolute Gasteiger partial charge is 0.399 e. The summed E-state index contributed by atoms with van der Waals surface area (Å²) in [7, 11) is 1.61. The van der Waals surface area contributed by atoms with Gasteiger partial charge in [0.15, 0.2) is 0 Å². The molecule has 0 spiro atoms. The maximum absolute atomic E-state index is 5.55. The molecule has 2 N–H and O–H groups in total. The first-order valence-corrected chi connectivity index (χ1v) is 3.33. The van der Waals surface area contributed by atoms with Gasteiger partial charge >= 0.3 is 0 Å². The minimum atomic E-state index is 0.520. The lowest BCUT2D eigenvalue weighted by Gasteiger charge is -1.92. The van der Waals surface area contributed by atoms with Crippen molar-refractivity contribution in [3.63, 3.8) is 0 Å². The van der Waals surface area contributed by atoms with Crippen LogP contribution in [0.1, 0.15) is 6.92 Å². The lowest BCUT2D eigenvalue weighted by atomic mass is 10.4. The third kappa shape index (κ3) is 5.66. The zero-order valence-electron chi connectivity index (χ0n) is 6.23. The van der Waals surface area contributed by atoms with Crippen molar-refractivity contribution in [3.05, 3.63) is 22.9 Å². The molecule has 0 aliphatic heterocycles. The van der Waals surface area contributed by atoms with Crippen LogP contribution >= 0.6 is 11.6 Å². The summed E-state index contributed by atoms with van der Waals surface area (Å²) in [5, 5.41) is 0.671. The smallest absolute Gasteiger partial charge is 0.0666 e. The SMILES string of the molecule is COC/C=C(N)\C=C(/C)Cl. The highest BCUT2D eigenvalue weighted by atomic mass is 35.5. The molecule has 0 bridgehead atoms. The monoisotopic (exact) mass is 161 g/mol. The van der Waals surface area contributed by atoms with Gasteiger partial charge in [-0.15, -0.1) is 0 Å². The van der Waals surface area contributed by atoms with E-state index in [4.69, 9.17) is 22.1 Å². The molecular weight excluding hydrogens is 150 g/mol. The Kier molecular flexibility index (Phi) is 5.08. The van der Waals surface area contributed by atoms with E-state index in [2.05, 4.69) is 0 Å². The van der Waals surface area contributed by atoms with Crippen molar-refractivity contribution in [2.45, 2.75) is 6.92 Å². The average molecular weight is 162 g/mol. The quantitative estimate of drug-likeness (QED) is 0.639. The van der Waals surface area contributed by atoms with E-state index in [1.54, 1.807) is 26.2 Å². The lowest BCUT2D eigenvalue weighted by molar-refractivity contribution is 0.233. The molecule has 0 heterocycles. The molecule has 0 aromatic rings. The first-order chi connectivity index (χ1) is 4.66. The molecule has 0 rings (SSSR count). The summed E-state index contributed by atoms with van der Waals surface area (Å²) in [5.74, 6) is 0. The molecule has 3 heteroatoms. The molecule has 0 atom stereocenters. The molecule has 2 nitrogen and oxygen atoms in total. The third-order valence-electron chi connectivity index (χ3n) is 0.851. The number of allylic oxidation sites excluding steroid dienone is 2. The Morgan fingerprint density at radius 1 is 1.70 bits per heavy atom. The van der Waals surface area contributed by atoms with Crippen LogP contribution in [-0.4, -0.2) is 13.7 Å². The number of nitrogens with two attached hydrogens (primary N) is 1. The van der Waals surface area contributed by atoms with Crippen LogP contribution in [0.25, 0.3) is 0 Å². The van der Waals surface area contributed by atoms with Gasteiger partial charge in [-0.1, -0.05) is 11.6 Å². The summed E-state index contributed by atoms with van der Waals surface area (Å²) >= 11 is 5.55. The van der Waals surface area contributed by atoms with Crippen molar-refractivity contribution in [2.24, 2.45) is 5.73 Å². The van der Waals surface area contributed by atoms with E-state index in [9.17, 15) is 0 Å². The Balaban J connectivity index is 3.82. The summed E-state index contributed by atoms with van der Waals surface area (Å²) in [6.45, 7) is 2.29. The van der Waals surface area contributed by atoms with E-state index in [1.165, 1.54) is 0 Å². The topological polar surface area (TPSA) is 35.2 Å². The van der Waals surface area contributed by atoms with E-state index in [0.29, 0.717) is 17.3 Å². The summed E-state index contributed by atoms with van der Waals surface area (Å²) in [4.78, 5) is 0. The van der Waals surface area contributed by atoms with E-state index >= 15 is 0 Å². The molecule has 0 aromatic carbocycles. The summed E-state index contributed by atoms with van der Waals surface area (Å²) in [6, 6.07) is 0. The number of halogens is 1. The normalized spacial score (nSPS) is 13.9. The van der Waals surface area contributed by atoms with Gasteiger partial charge in [0.25, 0.3) is 0 Å². The fourth-order valence-electron chi connectivity index (χ4n) is 0.468. The standard InChI is InChI=1S/C7H12ClNO/c1-6(8)5-7(9)3-4-10-2/h3,5H,4,9H2,1-2H3/b6-5+,7-3+. The molecular formula is C7H12ClNO. The minimum Gasteiger partial charge on any atom is -0.399 e. The van der Waals surface area contributed by atoms with Crippen molar-refractivity contribution in [2.75, 3.05) is 13.7 Å². The highest BCUT2D eigenvalue weighted by Gasteiger charge is 1.83. The third-order valence-corrected chi connectivity index (χ3v) is 0.960. The van der Waals surface area contributed by atoms with Gasteiger partial charge in [0.1, 0.15) is 0 Å². The molecule has 10 heavy (non-hydrogen) atoms. The van der Waals surface area contributed by atoms with Crippen molar-refractivity contribution < 1.29 is 4.74 Å². The fraction of sp³-hybridized carbons (Fsp3) is 0.429. The van der Waals surface area contributed by atoms with Crippen LogP contribution in [0.4, 0.5) is 0 Å². The van der Waals surface area contributed by atoms with Crippen LogP contribution in [0.2, 0.25) is 0 Å². The van der Waals surface area contributed by atoms with Crippen LogP contribution < -0.4 is 5.73 Å². The molecule has 0 amide bonds. The van der Waals surface area contributed by atoms with Crippen LogP contribution in [0.15, 0.2) is 22.9 Å². The first kappa shape index (κ1) is 9.53. The van der Waals surface area contributed by atoms with Crippen LogP contribution in [0, 0.1) is 0 Å². The van der Waals surface area contributed by atoms with E-state index in [-0.39, 0.29) is 0 Å². The molecule has 0 radical (unpaired) electrons. The van der Waals surface area contributed by atoms with Gasteiger partial charge in [-0.3, -0.25) is 0 Å². The van der Waals surface area contributed by atoms with Crippen LogP contribution in [0.3, 0.4) is 0 Å². The predicted molar refractivity (Wildman–Crippen MR) is 43.8 cm³/mol. The molecule has 0 aliphatic rings. The van der Waals surface area contributed by atoms with Gasteiger partial charge in [-0.05, 0) is 19.1 Å². The predicted octanol–water partition coefficient (Wildman–Crippen LogP) is 1.62. The number of rotatable bonds is 3. The van der Waals surface area contributed by atoms with Gasteiger partial charge in [0.2, 0.25) is 0 Å². The minimum absolute atomic E-state index is 0.520. The lowest BCUT2D eigenvalue weighted by Crippen LogP contribution is -1.95. The van der Waals surface area contributed by atoms with Gasteiger partial charge in [0, 0.05) is 17.8 Å². The fourth-order valence-corrected chi connectivity index (χ4v) is 0.594. The molecule has 0 aromatic heterocycles. The van der Waals surface area contributed by atoms with Gasteiger partial charge < -0.3 is 10.5 Å². The molecule has 58 valence electrons. The Morgan fingerprint density at radius 2 is 2.30 bits per heavy atom. The number of hydrogen-bond donors (Lipinski definition) is 1. The second-order valence-corrected chi connectivity index (χ2v) is 2.49. The van der Waals surface area contributed by atoms with E-state index < -0.39 is 0 Å². The zero-order chi connectivity index (χ0) is 7.98. The van der Waals surface area contributed by atoms with E-state index in [1.807, 2.05) is 0 Å². The maximum Gasteiger partial charge on any atom is 0.0666 e. The summed E-state index contributed by atoms with van der Waals surface area (Å²) < 4.78 is 4.77. The van der Waals surface area contributed by atoms with Crippen LogP contribution in [-0.2, 0) is 4.74 Å². The second-order valence-electron chi connectivity index (χ2n) is 1.89. The molecule has 0 saturated heterocycles. The van der Waals surface area contributed by atoms with Crippen molar-refractivity contribution in [3.8, 4) is 0 Å². The van der Waals surface area contributed by atoms with Gasteiger partial charge in [-0.25, -0.2) is 0 Å². The zero-order valence-corrected chi connectivity index (χ0v) is 6.98. The Hall–Kier alpha value is -0.470. The molecule has 0 aliphatic carbocycles. The number of methoxy groups -OCH3 is 1. The first-order valence-electron chi connectivity index (χ1n) is 2.95. The molecule has 0 fully saturated rings. The Bertz CT molecular complexity index is 148. The summed E-state index contributed by atoms with van der Waals surface area (Å²) in [6.07, 6.45) is 3.44. The van der Waals surface area contributed by atoms with Crippen molar-refractivity contribution in [1.29, 1.82) is 0 Å². The highest BCUT2D eigenvalue weighted by Crippen LogP contribution is 2.00. The molecule has 0 unspecified atom stereocenters. The number of hydrogen-bond acceptors (Lipinski definition) is 2. The van der Waals surface area contributed by atoms with Gasteiger partial charge in [-0.2, -0.15) is 0 Å². The average Bonchev–Trinajstić information content (AvgIpc) is 1.82. The van der Waals surface area contributed by atoms with Gasteiger partial charge in [0.05, 0.1) is 6.61 Å². The van der Waals surface area contributed by atoms with Crippen molar-refractivity contribution in [1.82, 2.24) is 0 Å². The Morgan fingerprint density at radius 3 is 2.70 bits per heavy atom. The van der Waals surface area contributed by atoms with Crippen LogP contribution in [0.5, 0.6) is 0 Å². The number of ether oxygens (including phenoxy) is 1. The second kappa shape index (κ2) is 5.33. The van der Waals surface area contributed by atoms with E-state index in [0.717, 1.165) is 0 Å².